The third-order valence-electron chi connectivity index (χ3n) is 4.01. The number of nitrogens with zero attached hydrogens (tertiary/aromatic N) is 1. The summed E-state index contributed by atoms with van der Waals surface area (Å²) in [5.74, 6) is 0. The molecule has 1 N–H and O–H groups in total. The second-order valence-corrected chi connectivity index (χ2v) is 6.40. The molecule has 2 unspecified atom stereocenters. The van der Waals surface area contributed by atoms with Gasteiger partial charge in [0.1, 0.15) is 0 Å². The van der Waals surface area contributed by atoms with Crippen molar-refractivity contribution in [2.24, 2.45) is 0 Å². The Morgan fingerprint density at radius 3 is 3.11 bits per heavy atom. The van der Waals surface area contributed by atoms with Gasteiger partial charge in [-0.3, -0.25) is 4.90 Å². The van der Waals surface area contributed by atoms with E-state index in [-0.39, 0.29) is 0 Å². The maximum Gasteiger partial charge on any atom is 0.0386 e. The van der Waals surface area contributed by atoms with Gasteiger partial charge in [0, 0.05) is 30.1 Å². The van der Waals surface area contributed by atoms with Crippen LogP contribution in [-0.4, -0.2) is 30.6 Å². The minimum Gasteiger partial charge on any atom is -0.308 e. The molecule has 1 saturated heterocycles. The smallest absolute Gasteiger partial charge is 0.0386 e. The van der Waals surface area contributed by atoms with Gasteiger partial charge in [0.15, 0.2) is 0 Å². The molecular formula is C15H26N2S. The van der Waals surface area contributed by atoms with Crippen LogP contribution in [0, 0.1) is 0 Å². The zero-order chi connectivity index (χ0) is 12.8. The largest absolute Gasteiger partial charge is 0.308 e. The Kier molecular flexibility index (Phi) is 5.67. The van der Waals surface area contributed by atoms with Crippen molar-refractivity contribution < 1.29 is 0 Å². The summed E-state index contributed by atoms with van der Waals surface area (Å²) >= 11 is 1.84. The highest BCUT2D eigenvalue weighted by Gasteiger charge is 2.16. The summed E-state index contributed by atoms with van der Waals surface area (Å²) in [7, 11) is 0. The van der Waals surface area contributed by atoms with Crippen LogP contribution < -0.4 is 5.32 Å². The first kappa shape index (κ1) is 14.0. The zero-order valence-electron chi connectivity index (χ0n) is 11.7. The molecule has 0 aromatic carbocycles. The van der Waals surface area contributed by atoms with Gasteiger partial charge in [-0.1, -0.05) is 18.9 Å². The van der Waals surface area contributed by atoms with Gasteiger partial charge in [0.05, 0.1) is 0 Å². The van der Waals surface area contributed by atoms with Crippen LogP contribution in [0.1, 0.15) is 50.4 Å². The van der Waals surface area contributed by atoms with Crippen molar-refractivity contribution in [2.45, 2.75) is 51.6 Å². The van der Waals surface area contributed by atoms with Gasteiger partial charge in [0.2, 0.25) is 0 Å². The highest BCUT2D eigenvalue weighted by Crippen LogP contribution is 2.18. The van der Waals surface area contributed by atoms with Gasteiger partial charge in [-0.25, -0.2) is 0 Å². The molecule has 0 aliphatic carbocycles. The van der Waals surface area contributed by atoms with Crippen molar-refractivity contribution in [3.05, 3.63) is 22.4 Å². The predicted molar refractivity (Wildman–Crippen MR) is 80.2 cm³/mol. The first-order valence-corrected chi connectivity index (χ1v) is 8.16. The summed E-state index contributed by atoms with van der Waals surface area (Å²) in [6.07, 6.45) is 5.59. The van der Waals surface area contributed by atoms with Crippen molar-refractivity contribution in [1.82, 2.24) is 10.2 Å². The molecule has 0 amide bonds. The first-order valence-electron chi connectivity index (χ1n) is 7.28. The van der Waals surface area contributed by atoms with Gasteiger partial charge in [0.25, 0.3) is 0 Å². The van der Waals surface area contributed by atoms with E-state index in [0.29, 0.717) is 6.04 Å². The van der Waals surface area contributed by atoms with E-state index in [4.69, 9.17) is 0 Å². The van der Waals surface area contributed by atoms with Crippen LogP contribution in [0.15, 0.2) is 17.5 Å². The summed E-state index contributed by atoms with van der Waals surface area (Å²) < 4.78 is 0. The SMILES string of the molecule is CC(NCCN1CCCCCC1C)c1cccs1. The van der Waals surface area contributed by atoms with Gasteiger partial charge < -0.3 is 5.32 Å². The third kappa shape index (κ3) is 4.08. The monoisotopic (exact) mass is 266 g/mol. The van der Waals surface area contributed by atoms with Gasteiger partial charge >= 0.3 is 0 Å². The van der Waals surface area contributed by atoms with E-state index >= 15 is 0 Å². The highest BCUT2D eigenvalue weighted by molar-refractivity contribution is 7.10. The molecule has 2 nitrogen and oxygen atoms in total. The maximum atomic E-state index is 3.64. The average Bonchev–Trinajstić information content (AvgIpc) is 2.82. The Labute approximate surface area is 115 Å². The molecule has 0 saturated carbocycles. The van der Waals surface area contributed by atoms with E-state index in [1.807, 2.05) is 11.3 Å². The molecule has 1 aromatic rings. The second kappa shape index (κ2) is 7.27. The van der Waals surface area contributed by atoms with Crippen LogP contribution in [0.5, 0.6) is 0 Å². The third-order valence-corrected chi connectivity index (χ3v) is 5.07. The van der Waals surface area contributed by atoms with E-state index in [2.05, 4.69) is 41.6 Å². The molecule has 2 rings (SSSR count). The summed E-state index contributed by atoms with van der Waals surface area (Å²) in [5, 5.41) is 5.80. The van der Waals surface area contributed by atoms with Gasteiger partial charge in [-0.05, 0) is 44.7 Å². The van der Waals surface area contributed by atoms with E-state index in [1.54, 1.807) is 0 Å². The second-order valence-electron chi connectivity index (χ2n) is 5.43. The molecule has 0 bridgehead atoms. The van der Waals surface area contributed by atoms with E-state index < -0.39 is 0 Å². The number of rotatable bonds is 5. The Hall–Kier alpha value is -0.380. The Morgan fingerprint density at radius 2 is 2.33 bits per heavy atom. The fraction of sp³-hybridized carbons (Fsp3) is 0.733. The fourth-order valence-electron chi connectivity index (χ4n) is 2.73. The topological polar surface area (TPSA) is 15.3 Å². The standard InChI is InChI=1S/C15H26N2S/c1-13-7-4-3-5-10-17(13)11-9-16-14(2)15-8-6-12-18-15/h6,8,12-14,16H,3-5,7,9-11H2,1-2H3. The minimum atomic E-state index is 0.493. The average molecular weight is 266 g/mol. The lowest BCUT2D eigenvalue weighted by molar-refractivity contribution is 0.212. The summed E-state index contributed by atoms with van der Waals surface area (Å²) in [5.41, 5.74) is 0. The van der Waals surface area contributed by atoms with Crippen molar-refractivity contribution in [3.8, 4) is 0 Å². The minimum absolute atomic E-state index is 0.493. The fourth-order valence-corrected chi connectivity index (χ4v) is 3.49. The quantitative estimate of drug-likeness (QED) is 0.875. The van der Waals surface area contributed by atoms with Crippen molar-refractivity contribution in [1.29, 1.82) is 0 Å². The molecule has 1 fully saturated rings. The highest BCUT2D eigenvalue weighted by atomic mass is 32.1. The molecule has 1 aliphatic rings. The Bertz CT molecular complexity index is 323. The Balaban J connectivity index is 1.71. The molecule has 0 spiro atoms. The zero-order valence-corrected chi connectivity index (χ0v) is 12.5. The number of nitrogens with one attached hydrogen (secondary N) is 1. The molecule has 1 aromatic heterocycles. The van der Waals surface area contributed by atoms with Crippen LogP contribution in [0.3, 0.4) is 0 Å². The summed E-state index contributed by atoms with van der Waals surface area (Å²) in [4.78, 5) is 4.10. The number of hydrogen-bond donors (Lipinski definition) is 1. The van der Waals surface area contributed by atoms with E-state index in [9.17, 15) is 0 Å². The molecule has 18 heavy (non-hydrogen) atoms. The summed E-state index contributed by atoms with van der Waals surface area (Å²) in [6.45, 7) is 8.22. The van der Waals surface area contributed by atoms with Crippen LogP contribution in [0.4, 0.5) is 0 Å². The van der Waals surface area contributed by atoms with Gasteiger partial charge in [-0.2, -0.15) is 0 Å². The molecule has 0 radical (unpaired) electrons. The molecule has 2 heterocycles. The number of likely N-dealkylation sites (tertiary alicyclic amines) is 1. The lowest BCUT2D eigenvalue weighted by Gasteiger charge is -2.27. The predicted octanol–water partition coefficient (Wildman–Crippen LogP) is 3.66. The van der Waals surface area contributed by atoms with Crippen LogP contribution in [0.2, 0.25) is 0 Å². The lowest BCUT2D eigenvalue weighted by atomic mass is 10.1. The van der Waals surface area contributed by atoms with Crippen LogP contribution >= 0.6 is 11.3 Å². The molecule has 2 atom stereocenters. The summed E-state index contributed by atoms with van der Waals surface area (Å²) in [6, 6.07) is 5.62. The van der Waals surface area contributed by atoms with Crippen LogP contribution in [0.25, 0.3) is 0 Å². The van der Waals surface area contributed by atoms with Crippen molar-refractivity contribution >= 4 is 11.3 Å². The van der Waals surface area contributed by atoms with E-state index in [0.717, 1.165) is 12.6 Å². The normalized spacial score (nSPS) is 23.8. The molecule has 102 valence electrons. The maximum absolute atomic E-state index is 3.64. The Morgan fingerprint density at radius 1 is 1.44 bits per heavy atom. The van der Waals surface area contributed by atoms with Crippen LogP contribution in [-0.2, 0) is 0 Å². The number of hydrogen-bond acceptors (Lipinski definition) is 3. The van der Waals surface area contributed by atoms with Gasteiger partial charge in [-0.15, -0.1) is 11.3 Å². The molecule has 3 heteroatoms. The molecule has 1 aliphatic heterocycles. The first-order chi connectivity index (χ1) is 8.77. The van der Waals surface area contributed by atoms with Crippen molar-refractivity contribution in [3.63, 3.8) is 0 Å². The van der Waals surface area contributed by atoms with E-state index in [1.165, 1.54) is 43.6 Å². The van der Waals surface area contributed by atoms with Crippen molar-refractivity contribution in [2.75, 3.05) is 19.6 Å². The number of thiophene rings is 1. The lowest BCUT2D eigenvalue weighted by Crippen LogP contribution is -2.38. The molecular weight excluding hydrogens is 240 g/mol.